The van der Waals surface area contributed by atoms with Gasteiger partial charge < -0.3 is 9.73 Å². The summed E-state index contributed by atoms with van der Waals surface area (Å²) >= 11 is 0. The fourth-order valence-electron chi connectivity index (χ4n) is 3.62. The Bertz CT molecular complexity index is 1290. The van der Waals surface area contributed by atoms with Crippen molar-refractivity contribution >= 4 is 32.6 Å². The second-order valence-corrected chi connectivity index (χ2v) is 9.48. The van der Waals surface area contributed by atoms with Crippen LogP contribution < -0.4 is 10.9 Å². The maximum absolute atomic E-state index is 12.7. The molecule has 10 nitrogen and oxygen atoms in total. The SMILES string of the molecule is Cc1cc(=O)oc2cc(NC(=O)CN3CCN(S(=O)(=O)c4cnn(C)c4)CC3)ccc12. The van der Waals surface area contributed by atoms with Gasteiger partial charge in [0.05, 0.1) is 12.7 Å². The molecule has 3 aromatic rings. The maximum atomic E-state index is 12.7. The van der Waals surface area contributed by atoms with Crippen LogP contribution in [-0.4, -0.2) is 66.0 Å². The summed E-state index contributed by atoms with van der Waals surface area (Å²) in [6.45, 7) is 3.44. The largest absolute Gasteiger partial charge is 0.423 e. The van der Waals surface area contributed by atoms with Crippen LogP contribution >= 0.6 is 0 Å². The summed E-state index contributed by atoms with van der Waals surface area (Å²) in [6, 6.07) is 6.60. The zero-order valence-electron chi connectivity index (χ0n) is 17.2. The molecule has 1 aromatic carbocycles. The molecule has 31 heavy (non-hydrogen) atoms. The minimum absolute atomic E-state index is 0.135. The number of nitrogens with zero attached hydrogens (tertiary/aromatic N) is 4. The number of hydrogen-bond donors (Lipinski definition) is 1. The number of hydrogen-bond acceptors (Lipinski definition) is 7. The predicted octanol–water partition coefficient (Wildman–Crippen LogP) is 0.780. The lowest BCUT2D eigenvalue weighted by Crippen LogP contribution is -2.50. The van der Waals surface area contributed by atoms with Crippen molar-refractivity contribution in [1.29, 1.82) is 0 Å². The van der Waals surface area contributed by atoms with Gasteiger partial charge in [0.25, 0.3) is 0 Å². The molecule has 1 amide bonds. The molecule has 1 aliphatic rings. The molecule has 0 atom stereocenters. The Morgan fingerprint density at radius 3 is 2.61 bits per heavy atom. The third kappa shape index (κ3) is 4.53. The molecule has 0 radical (unpaired) electrons. The Hall–Kier alpha value is -3.02. The number of aryl methyl sites for hydroxylation is 2. The van der Waals surface area contributed by atoms with E-state index < -0.39 is 15.6 Å². The van der Waals surface area contributed by atoms with Crippen LogP contribution in [0, 0.1) is 6.92 Å². The van der Waals surface area contributed by atoms with E-state index in [1.54, 1.807) is 25.2 Å². The first-order valence-corrected chi connectivity index (χ1v) is 11.2. The number of amides is 1. The van der Waals surface area contributed by atoms with Crippen molar-refractivity contribution in [1.82, 2.24) is 19.0 Å². The van der Waals surface area contributed by atoms with Crippen LogP contribution in [0.1, 0.15) is 5.56 Å². The van der Waals surface area contributed by atoms with Gasteiger partial charge in [0, 0.05) is 62.6 Å². The number of fused-ring (bicyclic) bond motifs is 1. The highest BCUT2D eigenvalue weighted by molar-refractivity contribution is 7.89. The van der Waals surface area contributed by atoms with Crippen molar-refractivity contribution in [3.05, 3.63) is 52.6 Å². The molecule has 1 saturated heterocycles. The van der Waals surface area contributed by atoms with E-state index in [1.807, 2.05) is 11.8 Å². The van der Waals surface area contributed by atoms with Gasteiger partial charge in [-0.3, -0.25) is 14.4 Å². The smallest absolute Gasteiger partial charge is 0.336 e. The first kappa shape index (κ1) is 21.2. The Labute approximate surface area is 179 Å². The first-order chi connectivity index (χ1) is 14.7. The molecule has 3 heterocycles. The lowest BCUT2D eigenvalue weighted by molar-refractivity contribution is -0.117. The molecule has 1 N–H and O–H groups in total. The number of sulfonamides is 1. The fourth-order valence-corrected chi connectivity index (χ4v) is 5.02. The molecule has 1 aliphatic heterocycles. The predicted molar refractivity (Wildman–Crippen MR) is 114 cm³/mol. The zero-order valence-corrected chi connectivity index (χ0v) is 18.1. The second kappa shape index (κ2) is 8.25. The summed E-state index contributed by atoms with van der Waals surface area (Å²) in [6.07, 6.45) is 2.81. The topological polar surface area (TPSA) is 118 Å². The molecule has 0 spiro atoms. The molecule has 0 saturated carbocycles. The van der Waals surface area contributed by atoms with Gasteiger partial charge in [0.2, 0.25) is 15.9 Å². The molecule has 4 rings (SSSR count). The first-order valence-electron chi connectivity index (χ1n) is 9.78. The lowest BCUT2D eigenvalue weighted by atomic mass is 10.1. The van der Waals surface area contributed by atoms with Gasteiger partial charge in [-0.2, -0.15) is 9.40 Å². The molecule has 164 valence electrons. The third-order valence-corrected chi connectivity index (χ3v) is 7.10. The third-order valence-electron chi connectivity index (χ3n) is 5.25. The summed E-state index contributed by atoms with van der Waals surface area (Å²) in [7, 11) is -1.92. The van der Waals surface area contributed by atoms with Gasteiger partial charge in [0.1, 0.15) is 10.5 Å². The Morgan fingerprint density at radius 2 is 1.94 bits per heavy atom. The normalized spacial score (nSPS) is 15.9. The molecule has 1 fully saturated rings. The second-order valence-electron chi connectivity index (χ2n) is 7.54. The number of aromatic nitrogens is 2. The van der Waals surface area contributed by atoms with Crippen LogP contribution in [0.4, 0.5) is 5.69 Å². The van der Waals surface area contributed by atoms with Crippen molar-refractivity contribution < 1.29 is 17.6 Å². The monoisotopic (exact) mass is 445 g/mol. The number of anilines is 1. The van der Waals surface area contributed by atoms with E-state index in [0.29, 0.717) is 37.4 Å². The number of nitrogens with one attached hydrogen (secondary N) is 1. The van der Waals surface area contributed by atoms with Gasteiger partial charge in [-0.25, -0.2) is 13.2 Å². The van der Waals surface area contributed by atoms with Gasteiger partial charge in [-0.05, 0) is 24.6 Å². The summed E-state index contributed by atoms with van der Waals surface area (Å²) in [5.41, 5.74) is 1.32. The Kier molecular flexibility index (Phi) is 5.65. The van der Waals surface area contributed by atoms with Crippen molar-refractivity contribution in [2.45, 2.75) is 11.8 Å². The highest BCUT2D eigenvalue weighted by atomic mass is 32.2. The van der Waals surface area contributed by atoms with Gasteiger partial charge >= 0.3 is 5.63 Å². The number of carbonyl (C=O) groups is 1. The molecule has 0 bridgehead atoms. The van der Waals surface area contributed by atoms with Crippen molar-refractivity contribution in [3.63, 3.8) is 0 Å². The van der Waals surface area contributed by atoms with Crippen molar-refractivity contribution in [3.8, 4) is 0 Å². The molecule has 0 aliphatic carbocycles. The van der Waals surface area contributed by atoms with E-state index in [0.717, 1.165) is 10.9 Å². The van der Waals surface area contributed by atoms with Crippen LogP contribution in [0.3, 0.4) is 0 Å². The minimum atomic E-state index is -3.58. The van der Waals surface area contributed by atoms with E-state index in [4.69, 9.17) is 4.42 Å². The van der Waals surface area contributed by atoms with E-state index >= 15 is 0 Å². The van der Waals surface area contributed by atoms with Crippen LogP contribution in [0.5, 0.6) is 0 Å². The van der Waals surface area contributed by atoms with Crippen LogP contribution in [0.2, 0.25) is 0 Å². The average molecular weight is 446 g/mol. The summed E-state index contributed by atoms with van der Waals surface area (Å²) in [5, 5.41) is 7.54. The molecular weight excluding hydrogens is 422 g/mol. The van der Waals surface area contributed by atoms with Crippen LogP contribution in [0.25, 0.3) is 11.0 Å². The van der Waals surface area contributed by atoms with Crippen LogP contribution in [-0.2, 0) is 21.9 Å². The van der Waals surface area contributed by atoms with E-state index in [2.05, 4.69) is 10.4 Å². The number of carbonyl (C=O) groups excluding carboxylic acids is 1. The summed E-state index contributed by atoms with van der Waals surface area (Å²) in [4.78, 5) is 26.1. The maximum Gasteiger partial charge on any atom is 0.336 e. The zero-order chi connectivity index (χ0) is 22.2. The lowest BCUT2D eigenvalue weighted by Gasteiger charge is -2.33. The standard InChI is InChI=1S/C20H23N5O5S/c1-14-9-20(27)30-18-10-15(3-4-17(14)18)22-19(26)13-24-5-7-25(8-6-24)31(28,29)16-11-21-23(2)12-16/h3-4,9-12H,5-8,13H2,1-2H3,(H,22,26). The van der Waals surface area contributed by atoms with E-state index in [1.165, 1.54) is 27.4 Å². The van der Waals surface area contributed by atoms with Gasteiger partial charge in [-0.15, -0.1) is 0 Å². The molecule has 0 unspecified atom stereocenters. The molecule has 11 heteroatoms. The molecular formula is C20H23N5O5S. The number of rotatable bonds is 5. The van der Waals surface area contributed by atoms with Gasteiger partial charge in [0.15, 0.2) is 0 Å². The molecule has 2 aromatic heterocycles. The van der Waals surface area contributed by atoms with E-state index in [9.17, 15) is 18.0 Å². The number of benzene rings is 1. The number of piperazine rings is 1. The minimum Gasteiger partial charge on any atom is -0.423 e. The summed E-state index contributed by atoms with van der Waals surface area (Å²) in [5.74, 6) is -0.224. The van der Waals surface area contributed by atoms with Gasteiger partial charge in [-0.1, -0.05) is 0 Å². The fraction of sp³-hybridized carbons (Fsp3) is 0.350. The Morgan fingerprint density at radius 1 is 1.19 bits per heavy atom. The highest BCUT2D eigenvalue weighted by Gasteiger charge is 2.30. The van der Waals surface area contributed by atoms with Crippen LogP contribution in [0.15, 0.2) is 50.8 Å². The Balaban J connectivity index is 1.35. The summed E-state index contributed by atoms with van der Waals surface area (Å²) < 4.78 is 33.4. The van der Waals surface area contributed by atoms with E-state index in [-0.39, 0.29) is 17.3 Å². The quantitative estimate of drug-likeness (QED) is 0.577. The van der Waals surface area contributed by atoms with Crippen molar-refractivity contribution in [2.24, 2.45) is 7.05 Å². The average Bonchev–Trinajstić information content (AvgIpc) is 3.15. The van der Waals surface area contributed by atoms with Crippen molar-refractivity contribution in [2.75, 3.05) is 38.0 Å². The highest BCUT2D eigenvalue weighted by Crippen LogP contribution is 2.21.